The van der Waals surface area contributed by atoms with E-state index in [1.165, 1.54) is 0 Å². The minimum absolute atomic E-state index is 0.135. The molecule has 0 radical (unpaired) electrons. The Balaban J connectivity index is 1.67. The summed E-state index contributed by atoms with van der Waals surface area (Å²) in [6.45, 7) is 3.36. The van der Waals surface area contributed by atoms with E-state index in [1.54, 1.807) is 25.3 Å². The van der Waals surface area contributed by atoms with Crippen molar-refractivity contribution < 1.29 is 14.6 Å². The number of aliphatic hydroxyl groups is 1. The summed E-state index contributed by atoms with van der Waals surface area (Å²) in [6.07, 6.45) is 3.71. The number of ether oxygens (including phenoxy) is 1. The molecule has 2 N–H and O–H groups in total. The molecule has 1 aromatic carbocycles. The fourth-order valence-electron chi connectivity index (χ4n) is 4.18. The zero-order valence-corrected chi connectivity index (χ0v) is 15.0. The Bertz CT molecular complexity index is 624. The molecule has 1 aliphatic carbocycles. The first-order valence-electron chi connectivity index (χ1n) is 8.58. The Labute approximate surface area is 147 Å². The van der Waals surface area contributed by atoms with E-state index in [0.717, 1.165) is 25.7 Å². The molecule has 1 saturated heterocycles. The van der Waals surface area contributed by atoms with Crippen LogP contribution in [-0.2, 0) is 0 Å². The van der Waals surface area contributed by atoms with Gasteiger partial charge >= 0.3 is 6.03 Å². The second kappa shape index (κ2) is 6.81. The number of amides is 2. The third-order valence-corrected chi connectivity index (χ3v) is 5.91. The van der Waals surface area contributed by atoms with Crippen LogP contribution in [0.2, 0.25) is 5.02 Å². The van der Waals surface area contributed by atoms with Crippen molar-refractivity contribution in [1.29, 1.82) is 0 Å². The van der Waals surface area contributed by atoms with Crippen LogP contribution < -0.4 is 10.1 Å². The molecule has 1 aliphatic heterocycles. The molecule has 5 nitrogen and oxygen atoms in total. The predicted octanol–water partition coefficient (Wildman–Crippen LogP) is 3.75. The lowest BCUT2D eigenvalue weighted by Crippen LogP contribution is -2.44. The summed E-state index contributed by atoms with van der Waals surface area (Å²) in [5.74, 6) is 1.16. The van der Waals surface area contributed by atoms with Crippen molar-refractivity contribution in [3.05, 3.63) is 23.2 Å². The Kier molecular flexibility index (Phi) is 4.92. The number of urea groups is 1. The van der Waals surface area contributed by atoms with Crippen molar-refractivity contribution in [2.45, 2.75) is 38.2 Å². The summed E-state index contributed by atoms with van der Waals surface area (Å²) >= 11 is 6.11. The highest BCUT2D eigenvalue weighted by Crippen LogP contribution is 2.44. The van der Waals surface area contributed by atoms with Gasteiger partial charge in [-0.3, -0.25) is 0 Å². The maximum absolute atomic E-state index is 12.6. The van der Waals surface area contributed by atoms with Crippen LogP contribution in [-0.4, -0.2) is 41.8 Å². The minimum Gasteiger partial charge on any atom is -0.495 e. The summed E-state index contributed by atoms with van der Waals surface area (Å²) in [5.41, 5.74) is 0.0212. The number of anilines is 1. The average molecular weight is 353 g/mol. The van der Waals surface area contributed by atoms with Gasteiger partial charge in [-0.25, -0.2) is 4.79 Å². The standard InChI is InChI=1S/C18H25ClN2O3/c1-3-18(23)8-4-5-12-10-21(11-14(12)18)17(22)20-13-6-7-16(24-2)15(19)9-13/h6-7,9,12,14,23H,3-5,8,10-11H2,1-2H3,(H,20,22)/t12-,14+,18-/m1/s1. The molecule has 2 fully saturated rings. The normalized spacial score (nSPS) is 29.2. The minimum atomic E-state index is -0.624. The van der Waals surface area contributed by atoms with Gasteiger partial charge in [-0.15, -0.1) is 0 Å². The second-order valence-corrected chi connectivity index (χ2v) is 7.31. The number of nitrogens with zero attached hydrogens (tertiary/aromatic N) is 1. The van der Waals surface area contributed by atoms with Crippen molar-refractivity contribution in [3.63, 3.8) is 0 Å². The number of hydrogen-bond acceptors (Lipinski definition) is 3. The summed E-state index contributed by atoms with van der Waals surface area (Å²) in [6, 6.07) is 5.05. The molecule has 2 amide bonds. The highest BCUT2D eigenvalue weighted by molar-refractivity contribution is 6.32. The van der Waals surface area contributed by atoms with Crippen molar-refractivity contribution in [2.24, 2.45) is 11.8 Å². The van der Waals surface area contributed by atoms with Crippen LogP contribution in [0.1, 0.15) is 32.6 Å². The van der Waals surface area contributed by atoms with Crippen molar-refractivity contribution >= 4 is 23.3 Å². The Morgan fingerprint density at radius 3 is 2.96 bits per heavy atom. The Morgan fingerprint density at radius 1 is 1.50 bits per heavy atom. The van der Waals surface area contributed by atoms with E-state index < -0.39 is 5.60 Å². The molecule has 132 valence electrons. The number of halogens is 1. The number of carbonyl (C=O) groups is 1. The van der Waals surface area contributed by atoms with Crippen molar-refractivity contribution in [2.75, 3.05) is 25.5 Å². The monoisotopic (exact) mass is 352 g/mol. The maximum atomic E-state index is 12.6. The van der Waals surface area contributed by atoms with Gasteiger partial charge in [-0.1, -0.05) is 24.9 Å². The van der Waals surface area contributed by atoms with E-state index in [9.17, 15) is 9.90 Å². The zero-order valence-electron chi connectivity index (χ0n) is 14.2. The van der Waals surface area contributed by atoms with Crippen LogP contribution in [0.25, 0.3) is 0 Å². The lowest BCUT2D eigenvalue weighted by molar-refractivity contribution is -0.0607. The van der Waals surface area contributed by atoms with Gasteiger partial charge in [-0.2, -0.15) is 0 Å². The topological polar surface area (TPSA) is 61.8 Å². The lowest BCUT2D eigenvalue weighted by Gasteiger charge is -2.40. The molecule has 1 heterocycles. The van der Waals surface area contributed by atoms with E-state index in [2.05, 4.69) is 5.32 Å². The van der Waals surface area contributed by atoms with Gasteiger partial charge in [0.15, 0.2) is 0 Å². The number of fused-ring (bicyclic) bond motifs is 1. The molecule has 0 unspecified atom stereocenters. The molecule has 1 saturated carbocycles. The molecule has 0 spiro atoms. The second-order valence-electron chi connectivity index (χ2n) is 6.90. The van der Waals surface area contributed by atoms with Gasteiger partial charge < -0.3 is 20.1 Å². The van der Waals surface area contributed by atoms with Gasteiger partial charge in [0.25, 0.3) is 0 Å². The van der Waals surface area contributed by atoms with Crippen LogP contribution in [0, 0.1) is 11.8 Å². The number of likely N-dealkylation sites (tertiary alicyclic amines) is 1. The van der Waals surface area contributed by atoms with E-state index in [1.807, 2.05) is 11.8 Å². The van der Waals surface area contributed by atoms with Gasteiger partial charge in [0.05, 0.1) is 17.7 Å². The predicted molar refractivity (Wildman–Crippen MR) is 94.7 cm³/mol. The van der Waals surface area contributed by atoms with Crippen LogP contribution in [0.5, 0.6) is 5.75 Å². The van der Waals surface area contributed by atoms with E-state index in [4.69, 9.17) is 16.3 Å². The van der Waals surface area contributed by atoms with Gasteiger partial charge in [0.1, 0.15) is 5.75 Å². The van der Waals surface area contributed by atoms with E-state index >= 15 is 0 Å². The molecule has 0 aromatic heterocycles. The third-order valence-electron chi connectivity index (χ3n) is 5.62. The number of nitrogens with one attached hydrogen (secondary N) is 1. The van der Waals surface area contributed by atoms with E-state index in [-0.39, 0.29) is 11.9 Å². The first kappa shape index (κ1) is 17.4. The Morgan fingerprint density at radius 2 is 2.29 bits per heavy atom. The zero-order chi connectivity index (χ0) is 17.3. The van der Waals surface area contributed by atoms with Gasteiger partial charge in [0.2, 0.25) is 0 Å². The molecule has 24 heavy (non-hydrogen) atoms. The van der Waals surface area contributed by atoms with Crippen LogP contribution in [0.4, 0.5) is 10.5 Å². The average Bonchev–Trinajstić information content (AvgIpc) is 3.01. The van der Waals surface area contributed by atoms with Crippen molar-refractivity contribution in [3.8, 4) is 5.75 Å². The highest BCUT2D eigenvalue weighted by atomic mass is 35.5. The Hall–Kier alpha value is -1.46. The fourth-order valence-corrected chi connectivity index (χ4v) is 4.44. The van der Waals surface area contributed by atoms with Crippen LogP contribution >= 0.6 is 11.6 Å². The van der Waals surface area contributed by atoms with Gasteiger partial charge in [-0.05, 0) is 43.4 Å². The molecule has 2 aliphatic rings. The number of carbonyl (C=O) groups excluding carboxylic acids is 1. The first-order chi connectivity index (χ1) is 11.5. The summed E-state index contributed by atoms with van der Waals surface area (Å²) in [5, 5.41) is 14.2. The van der Waals surface area contributed by atoms with Crippen LogP contribution in [0.15, 0.2) is 18.2 Å². The number of hydrogen-bond donors (Lipinski definition) is 2. The highest BCUT2D eigenvalue weighted by Gasteiger charge is 2.48. The summed E-state index contributed by atoms with van der Waals surface area (Å²) in [4.78, 5) is 14.4. The van der Waals surface area contributed by atoms with E-state index in [0.29, 0.717) is 35.5 Å². The number of methoxy groups -OCH3 is 1. The molecular weight excluding hydrogens is 328 g/mol. The summed E-state index contributed by atoms with van der Waals surface area (Å²) in [7, 11) is 1.56. The maximum Gasteiger partial charge on any atom is 0.321 e. The molecular formula is C18H25ClN2O3. The third kappa shape index (κ3) is 3.20. The fraction of sp³-hybridized carbons (Fsp3) is 0.611. The molecule has 3 rings (SSSR count). The lowest BCUT2D eigenvalue weighted by atomic mass is 9.69. The summed E-state index contributed by atoms with van der Waals surface area (Å²) < 4.78 is 5.12. The first-order valence-corrected chi connectivity index (χ1v) is 8.96. The molecule has 6 heteroatoms. The molecule has 1 aromatic rings. The SMILES string of the molecule is CC[C@@]1(O)CCC[C@@H]2CN(C(=O)Nc3ccc(OC)c(Cl)c3)C[C@@H]21. The van der Waals surface area contributed by atoms with Crippen molar-refractivity contribution in [1.82, 2.24) is 4.90 Å². The molecule has 0 bridgehead atoms. The van der Waals surface area contributed by atoms with Crippen LogP contribution in [0.3, 0.4) is 0 Å². The largest absolute Gasteiger partial charge is 0.495 e. The number of rotatable bonds is 3. The number of benzene rings is 1. The smallest absolute Gasteiger partial charge is 0.321 e. The quantitative estimate of drug-likeness (QED) is 0.870. The molecule has 3 atom stereocenters. The van der Waals surface area contributed by atoms with Gasteiger partial charge in [0, 0.05) is 24.7 Å².